The predicted octanol–water partition coefficient (Wildman–Crippen LogP) is 1.61. The van der Waals surface area contributed by atoms with Crippen LogP contribution < -0.4 is 20.9 Å². The van der Waals surface area contributed by atoms with Gasteiger partial charge in [-0.2, -0.15) is 0 Å². The molecular weight excluding hydrogens is 448 g/mol. The number of carbonyl (C=O) groups excluding carboxylic acids is 1. The highest BCUT2D eigenvalue weighted by atomic mass is 16.5. The van der Waals surface area contributed by atoms with Gasteiger partial charge in [-0.3, -0.25) is 23.6 Å². The predicted molar refractivity (Wildman–Crippen MR) is 134 cm³/mol. The third-order valence-corrected chi connectivity index (χ3v) is 6.35. The van der Waals surface area contributed by atoms with Crippen LogP contribution in [0.4, 0.5) is 5.82 Å². The molecule has 184 valence electrons. The molecule has 0 unspecified atom stereocenters. The number of rotatable bonds is 8. The van der Waals surface area contributed by atoms with Gasteiger partial charge in [-0.1, -0.05) is 24.3 Å². The van der Waals surface area contributed by atoms with Gasteiger partial charge in [0.15, 0.2) is 5.78 Å². The SMILES string of the molecule is Cn1c(N2CCN(CCCOc3ccccc3C(=O)c3ccccc3O)CC2)cc(=O)n(C)c1=O. The first kappa shape index (κ1) is 24.3. The van der Waals surface area contributed by atoms with Crippen molar-refractivity contribution in [2.75, 3.05) is 44.2 Å². The van der Waals surface area contributed by atoms with Crippen LogP contribution >= 0.6 is 0 Å². The summed E-state index contributed by atoms with van der Waals surface area (Å²) >= 11 is 0. The normalized spacial score (nSPS) is 14.2. The molecule has 4 rings (SSSR count). The zero-order chi connectivity index (χ0) is 24.9. The summed E-state index contributed by atoms with van der Waals surface area (Å²) in [5.41, 5.74) is 0.0367. The van der Waals surface area contributed by atoms with Gasteiger partial charge in [-0.25, -0.2) is 4.79 Å². The van der Waals surface area contributed by atoms with Gasteiger partial charge in [-0.05, 0) is 30.7 Å². The topological polar surface area (TPSA) is 97.0 Å². The maximum absolute atomic E-state index is 12.9. The summed E-state index contributed by atoms with van der Waals surface area (Å²) in [5.74, 6) is 0.811. The molecule has 9 heteroatoms. The number of phenols is 1. The average molecular weight is 479 g/mol. The summed E-state index contributed by atoms with van der Waals surface area (Å²) in [7, 11) is 3.16. The molecule has 2 aromatic carbocycles. The fourth-order valence-corrected chi connectivity index (χ4v) is 4.29. The first-order valence-electron chi connectivity index (χ1n) is 11.7. The minimum atomic E-state index is -0.326. The van der Waals surface area contributed by atoms with Crippen molar-refractivity contribution >= 4 is 11.6 Å². The monoisotopic (exact) mass is 478 g/mol. The van der Waals surface area contributed by atoms with Gasteiger partial charge in [0.2, 0.25) is 0 Å². The average Bonchev–Trinajstić information content (AvgIpc) is 2.88. The minimum Gasteiger partial charge on any atom is -0.507 e. The van der Waals surface area contributed by atoms with Crippen LogP contribution in [0.25, 0.3) is 0 Å². The Balaban J connectivity index is 1.29. The summed E-state index contributed by atoms with van der Waals surface area (Å²) in [6, 6.07) is 15.1. The summed E-state index contributed by atoms with van der Waals surface area (Å²) in [5, 5.41) is 10.0. The number of aromatic nitrogens is 2. The number of aromatic hydroxyl groups is 1. The first-order chi connectivity index (χ1) is 16.9. The molecule has 0 atom stereocenters. The van der Waals surface area contributed by atoms with Gasteiger partial charge >= 0.3 is 5.69 Å². The van der Waals surface area contributed by atoms with Gasteiger partial charge < -0.3 is 14.7 Å². The molecule has 0 radical (unpaired) electrons. The maximum Gasteiger partial charge on any atom is 0.332 e. The number of para-hydroxylation sites is 2. The lowest BCUT2D eigenvalue weighted by Gasteiger charge is -2.36. The number of nitrogens with zero attached hydrogens (tertiary/aromatic N) is 4. The zero-order valence-corrected chi connectivity index (χ0v) is 20.0. The Morgan fingerprint density at radius 2 is 1.57 bits per heavy atom. The Morgan fingerprint density at radius 3 is 2.29 bits per heavy atom. The zero-order valence-electron chi connectivity index (χ0n) is 20.0. The highest BCUT2D eigenvalue weighted by Crippen LogP contribution is 2.26. The van der Waals surface area contributed by atoms with Crippen LogP contribution in [-0.2, 0) is 14.1 Å². The van der Waals surface area contributed by atoms with Crippen LogP contribution in [-0.4, -0.2) is 64.3 Å². The van der Waals surface area contributed by atoms with E-state index in [2.05, 4.69) is 9.80 Å². The minimum absolute atomic E-state index is 0.0534. The van der Waals surface area contributed by atoms with E-state index in [0.717, 1.165) is 43.7 Å². The van der Waals surface area contributed by atoms with Gasteiger partial charge in [0, 0.05) is 52.9 Å². The van der Waals surface area contributed by atoms with Crippen molar-refractivity contribution in [2.45, 2.75) is 6.42 Å². The maximum atomic E-state index is 12.9. The number of phenolic OH excluding ortho intramolecular Hbond substituents is 1. The van der Waals surface area contributed by atoms with Gasteiger partial charge in [-0.15, -0.1) is 0 Å². The van der Waals surface area contributed by atoms with E-state index in [1.54, 1.807) is 43.4 Å². The second-order valence-electron chi connectivity index (χ2n) is 8.61. The number of hydrogen-bond donors (Lipinski definition) is 1. The Labute approximate surface area is 203 Å². The fourth-order valence-electron chi connectivity index (χ4n) is 4.29. The van der Waals surface area contributed by atoms with E-state index in [4.69, 9.17) is 4.74 Å². The second-order valence-corrected chi connectivity index (χ2v) is 8.61. The smallest absolute Gasteiger partial charge is 0.332 e. The lowest BCUT2D eigenvalue weighted by molar-refractivity contribution is 0.103. The van der Waals surface area contributed by atoms with E-state index < -0.39 is 0 Å². The number of anilines is 1. The van der Waals surface area contributed by atoms with Gasteiger partial charge in [0.1, 0.15) is 17.3 Å². The summed E-state index contributed by atoms with van der Waals surface area (Å²) in [6.45, 7) is 4.35. The quantitative estimate of drug-likeness (QED) is 0.388. The molecule has 0 saturated carbocycles. The Morgan fingerprint density at radius 1 is 0.914 bits per heavy atom. The van der Waals surface area contributed by atoms with E-state index in [9.17, 15) is 19.5 Å². The van der Waals surface area contributed by atoms with Crippen LogP contribution in [0.2, 0.25) is 0 Å². The highest BCUT2D eigenvalue weighted by molar-refractivity contribution is 6.12. The number of piperazine rings is 1. The van der Waals surface area contributed by atoms with Crippen molar-refractivity contribution in [3.05, 3.63) is 86.6 Å². The Bertz CT molecular complexity index is 1320. The van der Waals surface area contributed by atoms with Crippen LogP contribution in [0, 0.1) is 0 Å². The van der Waals surface area contributed by atoms with E-state index in [1.165, 1.54) is 23.7 Å². The summed E-state index contributed by atoms with van der Waals surface area (Å²) < 4.78 is 8.56. The highest BCUT2D eigenvalue weighted by Gasteiger charge is 2.21. The van der Waals surface area contributed by atoms with E-state index in [0.29, 0.717) is 23.7 Å². The molecule has 3 aromatic rings. The van der Waals surface area contributed by atoms with Crippen molar-refractivity contribution in [2.24, 2.45) is 14.1 Å². The molecule has 0 spiro atoms. The molecule has 1 saturated heterocycles. The lowest BCUT2D eigenvalue weighted by atomic mass is 10.0. The molecule has 0 amide bonds. The number of benzene rings is 2. The first-order valence-corrected chi connectivity index (χ1v) is 11.7. The molecule has 0 aliphatic carbocycles. The van der Waals surface area contributed by atoms with Crippen molar-refractivity contribution in [3.63, 3.8) is 0 Å². The Hall–Kier alpha value is -3.85. The molecule has 1 aromatic heterocycles. The number of hydrogen-bond acceptors (Lipinski definition) is 7. The molecular formula is C26H30N4O5. The molecule has 1 aliphatic rings. The third kappa shape index (κ3) is 5.30. The fraction of sp³-hybridized carbons (Fsp3) is 0.346. The Kier molecular flexibility index (Phi) is 7.36. The largest absolute Gasteiger partial charge is 0.507 e. The van der Waals surface area contributed by atoms with E-state index >= 15 is 0 Å². The van der Waals surface area contributed by atoms with Gasteiger partial charge in [0.25, 0.3) is 5.56 Å². The molecule has 1 fully saturated rings. The van der Waals surface area contributed by atoms with Crippen LogP contribution in [0.3, 0.4) is 0 Å². The molecule has 0 bridgehead atoms. The standard InChI is InChI=1S/C26H30N4O5/c1-27-23(18-24(32)28(2)26(27)34)30-15-13-29(14-16-30)12-7-17-35-22-11-6-4-9-20(22)25(33)19-8-3-5-10-21(19)31/h3-6,8-11,18,31H,7,12-17H2,1-2H3. The number of ketones is 1. The molecule has 2 heterocycles. The van der Waals surface area contributed by atoms with Crippen molar-refractivity contribution in [1.82, 2.24) is 14.0 Å². The van der Waals surface area contributed by atoms with Crippen molar-refractivity contribution in [1.29, 1.82) is 0 Å². The number of ether oxygens (including phenoxy) is 1. The van der Waals surface area contributed by atoms with Gasteiger partial charge in [0.05, 0.1) is 17.7 Å². The molecule has 35 heavy (non-hydrogen) atoms. The van der Waals surface area contributed by atoms with Crippen molar-refractivity contribution < 1.29 is 14.6 Å². The van der Waals surface area contributed by atoms with E-state index in [-0.39, 0.29) is 28.3 Å². The summed E-state index contributed by atoms with van der Waals surface area (Å²) in [6.07, 6.45) is 0.781. The third-order valence-electron chi connectivity index (χ3n) is 6.35. The van der Waals surface area contributed by atoms with Crippen LogP contribution in [0.5, 0.6) is 11.5 Å². The van der Waals surface area contributed by atoms with Crippen molar-refractivity contribution in [3.8, 4) is 11.5 Å². The molecule has 1 N–H and O–H groups in total. The summed E-state index contributed by atoms with van der Waals surface area (Å²) in [4.78, 5) is 41.5. The van der Waals surface area contributed by atoms with E-state index in [1.807, 2.05) is 6.07 Å². The molecule has 9 nitrogen and oxygen atoms in total. The second kappa shape index (κ2) is 10.6. The lowest BCUT2D eigenvalue weighted by Crippen LogP contribution is -2.49. The van der Waals surface area contributed by atoms with Crippen LogP contribution in [0.15, 0.2) is 64.2 Å². The van der Waals surface area contributed by atoms with Crippen LogP contribution in [0.1, 0.15) is 22.3 Å². The molecule has 1 aliphatic heterocycles. The number of carbonyl (C=O) groups is 1.